The van der Waals surface area contributed by atoms with E-state index < -0.39 is 10.1 Å². The maximum atomic E-state index is 11.8. The number of ether oxygens (including phenoxy) is 1. The summed E-state index contributed by atoms with van der Waals surface area (Å²) in [7, 11) is -4.35. The second-order valence-corrected chi connectivity index (χ2v) is 8.25. The summed E-state index contributed by atoms with van der Waals surface area (Å²) >= 11 is 0. The average molecular weight is 391 g/mol. The fourth-order valence-corrected chi connectivity index (χ4v) is 3.79. The highest BCUT2D eigenvalue weighted by atomic mass is 32.2. The van der Waals surface area contributed by atoms with Gasteiger partial charge >= 0.3 is 0 Å². The van der Waals surface area contributed by atoms with E-state index in [9.17, 15) is 13.0 Å². The first-order chi connectivity index (χ1) is 13.0. The second-order valence-electron chi connectivity index (χ2n) is 6.86. The van der Waals surface area contributed by atoms with Gasteiger partial charge in [-0.2, -0.15) is 8.42 Å². The molecule has 0 aromatic heterocycles. The Morgan fingerprint density at radius 3 is 2.07 bits per heavy atom. The van der Waals surface area contributed by atoms with Crippen LogP contribution in [0.2, 0.25) is 0 Å². The van der Waals surface area contributed by atoms with Crippen molar-refractivity contribution in [1.29, 1.82) is 0 Å². The van der Waals surface area contributed by atoms with Gasteiger partial charge in [0.05, 0.1) is 0 Å². The molecule has 1 N–H and O–H groups in total. The molecule has 0 aliphatic heterocycles. The molecule has 0 spiro atoms. The minimum absolute atomic E-state index is 0.177. The molecular weight excluding hydrogens is 360 g/mol. The molecule has 4 nitrogen and oxygen atoms in total. The van der Waals surface area contributed by atoms with E-state index in [0.29, 0.717) is 5.75 Å². The fraction of sp³-hybridized carbons (Fsp3) is 0.455. The number of para-hydroxylation sites is 2. The van der Waals surface area contributed by atoms with Gasteiger partial charge in [-0.3, -0.25) is 4.55 Å². The van der Waals surface area contributed by atoms with Crippen molar-refractivity contribution in [3.05, 3.63) is 54.1 Å². The Morgan fingerprint density at radius 1 is 0.815 bits per heavy atom. The van der Waals surface area contributed by atoms with E-state index in [1.54, 1.807) is 18.2 Å². The van der Waals surface area contributed by atoms with Crippen molar-refractivity contribution >= 4 is 10.1 Å². The van der Waals surface area contributed by atoms with Crippen molar-refractivity contribution < 1.29 is 17.7 Å². The lowest BCUT2D eigenvalue weighted by atomic mass is 10.0. The molecule has 0 saturated heterocycles. The Labute approximate surface area is 163 Å². The number of aryl methyl sites for hydroxylation is 1. The van der Waals surface area contributed by atoms with E-state index >= 15 is 0 Å². The molecule has 0 aliphatic carbocycles. The third kappa shape index (κ3) is 7.35. The summed E-state index contributed by atoms with van der Waals surface area (Å²) in [6.45, 7) is 2.22. The summed E-state index contributed by atoms with van der Waals surface area (Å²) in [5.74, 6) is 0.778. The van der Waals surface area contributed by atoms with Crippen molar-refractivity contribution in [1.82, 2.24) is 0 Å². The van der Waals surface area contributed by atoms with Crippen molar-refractivity contribution in [2.45, 2.75) is 69.6 Å². The number of unbranched alkanes of at least 4 members (excludes halogenated alkanes) is 7. The molecule has 0 radical (unpaired) electrons. The monoisotopic (exact) mass is 390 g/mol. The lowest BCUT2D eigenvalue weighted by molar-refractivity contribution is 0.444. The summed E-state index contributed by atoms with van der Waals surface area (Å²) in [5.41, 5.74) is 0.806. The standard InChI is InChI=1S/C22H30O4S/c1-2-3-4-5-6-7-8-10-14-19-15-13-18-21(27(23,24)25)22(19)26-20-16-11-9-12-17-20/h9,11-13,15-18H,2-8,10,14H2,1H3,(H,23,24,25). The Bertz CT molecular complexity index is 785. The molecule has 148 valence electrons. The van der Waals surface area contributed by atoms with Gasteiger partial charge < -0.3 is 4.74 Å². The van der Waals surface area contributed by atoms with Crippen molar-refractivity contribution in [3.63, 3.8) is 0 Å². The SMILES string of the molecule is CCCCCCCCCCc1cccc(S(=O)(=O)O)c1Oc1ccccc1. The molecule has 0 atom stereocenters. The maximum Gasteiger partial charge on any atom is 0.298 e. The number of rotatable bonds is 12. The molecule has 0 unspecified atom stereocenters. The van der Waals surface area contributed by atoms with Gasteiger partial charge in [-0.1, -0.05) is 82.2 Å². The van der Waals surface area contributed by atoms with E-state index in [4.69, 9.17) is 4.74 Å². The molecule has 2 aromatic carbocycles. The van der Waals surface area contributed by atoms with E-state index in [1.165, 1.54) is 44.6 Å². The average Bonchev–Trinajstić information content (AvgIpc) is 2.65. The van der Waals surface area contributed by atoms with Gasteiger partial charge in [0.25, 0.3) is 10.1 Å². The summed E-state index contributed by atoms with van der Waals surface area (Å²) in [6, 6.07) is 13.9. The number of hydrogen-bond acceptors (Lipinski definition) is 3. The van der Waals surface area contributed by atoms with Gasteiger partial charge in [0, 0.05) is 0 Å². The van der Waals surface area contributed by atoms with Crippen molar-refractivity contribution in [2.24, 2.45) is 0 Å². The molecule has 27 heavy (non-hydrogen) atoms. The van der Waals surface area contributed by atoms with E-state index in [0.717, 1.165) is 24.8 Å². The highest BCUT2D eigenvalue weighted by molar-refractivity contribution is 7.86. The van der Waals surface area contributed by atoms with Crippen LogP contribution in [0, 0.1) is 0 Å². The van der Waals surface area contributed by atoms with E-state index in [2.05, 4.69) is 6.92 Å². The molecule has 2 rings (SSSR count). The Hall–Kier alpha value is -1.85. The molecule has 0 fully saturated rings. The minimum Gasteiger partial charge on any atom is -0.456 e. The van der Waals surface area contributed by atoms with E-state index in [-0.39, 0.29) is 10.6 Å². The maximum absolute atomic E-state index is 11.8. The highest BCUT2D eigenvalue weighted by Gasteiger charge is 2.20. The molecule has 0 saturated carbocycles. The van der Waals surface area contributed by atoms with Crippen LogP contribution in [0.15, 0.2) is 53.4 Å². The fourth-order valence-electron chi connectivity index (χ4n) is 3.13. The highest BCUT2D eigenvalue weighted by Crippen LogP contribution is 2.33. The zero-order valence-corrected chi connectivity index (χ0v) is 16.9. The van der Waals surface area contributed by atoms with Crippen LogP contribution in [0.4, 0.5) is 0 Å². The summed E-state index contributed by atoms with van der Waals surface area (Å²) in [4.78, 5) is -0.177. The first-order valence-electron chi connectivity index (χ1n) is 9.84. The van der Waals surface area contributed by atoms with Crippen LogP contribution in [0.1, 0.15) is 63.9 Å². The molecule has 5 heteroatoms. The molecule has 0 aliphatic rings. The zero-order chi connectivity index (χ0) is 19.5. The molecular formula is C22H30O4S. The molecule has 0 heterocycles. The quantitative estimate of drug-likeness (QED) is 0.336. The van der Waals surface area contributed by atoms with Crippen LogP contribution in [-0.4, -0.2) is 13.0 Å². The third-order valence-electron chi connectivity index (χ3n) is 4.60. The zero-order valence-electron chi connectivity index (χ0n) is 16.1. The molecule has 2 aromatic rings. The van der Waals surface area contributed by atoms with Crippen molar-refractivity contribution in [3.8, 4) is 11.5 Å². The minimum atomic E-state index is -4.35. The van der Waals surface area contributed by atoms with Gasteiger partial charge in [-0.15, -0.1) is 0 Å². The Morgan fingerprint density at radius 2 is 1.44 bits per heavy atom. The van der Waals surface area contributed by atoms with Gasteiger partial charge in [0.1, 0.15) is 10.6 Å². The number of hydrogen-bond donors (Lipinski definition) is 1. The van der Waals surface area contributed by atoms with Gasteiger partial charge in [0.2, 0.25) is 0 Å². The smallest absolute Gasteiger partial charge is 0.298 e. The van der Waals surface area contributed by atoms with Gasteiger partial charge in [-0.05, 0) is 36.6 Å². The summed E-state index contributed by atoms with van der Waals surface area (Å²) in [5, 5.41) is 0. The second kappa shape index (κ2) is 11.1. The van der Waals surface area contributed by atoms with Crippen LogP contribution < -0.4 is 4.74 Å². The first-order valence-corrected chi connectivity index (χ1v) is 11.3. The normalized spacial score (nSPS) is 11.5. The van der Waals surface area contributed by atoms with Crippen LogP contribution in [0.5, 0.6) is 11.5 Å². The predicted molar refractivity (Wildman–Crippen MR) is 109 cm³/mol. The van der Waals surface area contributed by atoms with Crippen LogP contribution >= 0.6 is 0 Å². The molecule has 0 amide bonds. The van der Waals surface area contributed by atoms with Crippen LogP contribution in [-0.2, 0) is 16.5 Å². The van der Waals surface area contributed by atoms with Crippen LogP contribution in [0.3, 0.4) is 0 Å². The topological polar surface area (TPSA) is 63.6 Å². The summed E-state index contributed by atoms with van der Waals surface area (Å²) in [6.07, 6.45) is 10.4. The Kier molecular flexibility index (Phi) is 8.82. The largest absolute Gasteiger partial charge is 0.456 e. The van der Waals surface area contributed by atoms with Gasteiger partial charge in [-0.25, -0.2) is 0 Å². The van der Waals surface area contributed by atoms with Gasteiger partial charge in [0.15, 0.2) is 5.75 Å². The first kappa shape index (κ1) is 21.5. The van der Waals surface area contributed by atoms with E-state index in [1.807, 2.05) is 24.3 Å². The summed E-state index contributed by atoms with van der Waals surface area (Å²) < 4.78 is 39.0. The third-order valence-corrected chi connectivity index (χ3v) is 5.48. The lowest BCUT2D eigenvalue weighted by Crippen LogP contribution is -2.04. The molecule has 0 bridgehead atoms. The Balaban J connectivity index is 2.02. The van der Waals surface area contributed by atoms with Crippen LogP contribution in [0.25, 0.3) is 0 Å². The predicted octanol–water partition coefficient (Wildman–Crippen LogP) is 6.41. The number of benzene rings is 2. The lowest BCUT2D eigenvalue weighted by Gasteiger charge is -2.14. The van der Waals surface area contributed by atoms with Crippen molar-refractivity contribution in [2.75, 3.05) is 0 Å².